The molecule has 3 amide bonds. The normalized spacial score (nSPS) is 21.8. The molecule has 2 aliphatic heterocycles. The summed E-state index contributed by atoms with van der Waals surface area (Å²) in [4.78, 5) is 35.3. The molecule has 0 unspecified atom stereocenters. The van der Waals surface area contributed by atoms with Crippen LogP contribution in [0.3, 0.4) is 0 Å². The summed E-state index contributed by atoms with van der Waals surface area (Å²) in [6, 6.07) is 17.1. The van der Waals surface area contributed by atoms with Gasteiger partial charge in [-0.15, -0.1) is 0 Å². The summed E-state index contributed by atoms with van der Waals surface area (Å²) in [5.41, 5.74) is 4.95. The fraction of sp³-hybridized carbons (Fsp3) is 0.400. The van der Waals surface area contributed by atoms with Crippen LogP contribution in [0.4, 0.5) is 4.79 Å². The number of ether oxygens (including phenoxy) is 1. The van der Waals surface area contributed by atoms with Crippen LogP contribution in [0.5, 0.6) is 5.75 Å². The van der Waals surface area contributed by atoms with E-state index in [1.165, 1.54) is 12.1 Å². The summed E-state index contributed by atoms with van der Waals surface area (Å²) in [5.74, 6) is 0.189. The number of primary amides is 1. The lowest BCUT2D eigenvalue weighted by atomic mass is 9.71. The second kappa shape index (κ2) is 13.5. The molecular weight excluding hydrogens is 695 g/mol. The molecule has 0 radical (unpaired) electrons. The van der Waals surface area contributed by atoms with E-state index in [2.05, 4.69) is 0 Å². The predicted octanol–water partition coefficient (Wildman–Crippen LogP) is 7.44. The van der Waals surface area contributed by atoms with Crippen molar-refractivity contribution in [2.24, 2.45) is 16.6 Å². The van der Waals surface area contributed by atoms with Gasteiger partial charge in [0.25, 0.3) is 0 Å². The molecule has 9 nitrogen and oxygen atoms in total. The van der Waals surface area contributed by atoms with Crippen molar-refractivity contribution in [3.05, 3.63) is 92.4 Å². The first kappa shape index (κ1) is 36.0. The van der Waals surface area contributed by atoms with Crippen molar-refractivity contribution >= 4 is 62.4 Å². The standard InChI is InChI=1S/C35H39Cl3N4O5S/c1-21(2)47-29-20-28(38)30(48(5,45)46)19-27(29)32-40-34(3,23-6-10-25(36)11-7-23)35(4,24-8-12-26(37)13-9-24)42(32)33(44)41-16-14-22(15-17-41)18-31(39)43/h6-13,19-22H,14-18H2,1-5H3,(H2,39,43)/t34-,35+/m0/s1. The number of sulfone groups is 1. The molecule has 0 aliphatic carbocycles. The third kappa shape index (κ3) is 6.77. The van der Waals surface area contributed by atoms with Crippen LogP contribution in [-0.2, 0) is 25.7 Å². The zero-order valence-electron chi connectivity index (χ0n) is 27.5. The molecule has 0 bridgehead atoms. The number of urea groups is 1. The Hall–Kier alpha value is -3.31. The summed E-state index contributed by atoms with van der Waals surface area (Å²) >= 11 is 19.2. The first-order valence-corrected chi connectivity index (χ1v) is 18.7. The van der Waals surface area contributed by atoms with E-state index >= 15 is 4.79 Å². The number of nitrogens with two attached hydrogens (primary N) is 1. The van der Waals surface area contributed by atoms with Crippen molar-refractivity contribution < 1.29 is 22.7 Å². The molecule has 2 atom stereocenters. The Kier molecular flexibility index (Phi) is 10.1. The van der Waals surface area contributed by atoms with Gasteiger partial charge in [-0.3, -0.25) is 14.7 Å². The highest BCUT2D eigenvalue weighted by Gasteiger charge is 2.60. The van der Waals surface area contributed by atoms with Gasteiger partial charge in [0.2, 0.25) is 5.91 Å². The zero-order valence-corrected chi connectivity index (χ0v) is 30.6. The van der Waals surface area contributed by atoms with E-state index in [4.69, 9.17) is 50.3 Å². The van der Waals surface area contributed by atoms with Gasteiger partial charge in [0, 0.05) is 41.9 Å². The molecule has 1 fully saturated rings. The summed E-state index contributed by atoms with van der Waals surface area (Å²) in [6.45, 7) is 8.34. The molecular formula is C35H39Cl3N4O5S. The molecule has 2 heterocycles. The summed E-state index contributed by atoms with van der Waals surface area (Å²) in [7, 11) is -3.80. The first-order chi connectivity index (χ1) is 22.5. The summed E-state index contributed by atoms with van der Waals surface area (Å²) < 4.78 is 32.2. The number of nitrogens with zero attached hydrogens (tertiary/aromatic N) is 3. The number of amidine groups is 1. The number of carbonyl (C=O) groups is 2. The van der Waals surface area contributed by atoms with Gasteiger partial charge in [-0.1, -0.05) is 59.1 Å². The zero-order chi connectivity index (χ0) is 35.2. The van der Waals surface area contributed by atoms with Gasteiger partial charge in [0.05, 0.1) is 21.6 Å². The lowest BCUT2D eigenvalue weighted by Gasteiger charge is -2.47. The summed E-state index contributed by atoms with van der Waals surface area (Å²) in [5, 5.41) is 1.05. The Bertz CT molecular complexity index is 1860. The van der Waals surface area contributed by atoms with Gasteiger partial charge in [0.15, 0.2) is 9.84 Å². The van der Waals surface area contributed by atoms with Gasteiger partial charge in [-0.05, 0) is 87.9 Å². The van der Waals surface area contributed by atoms with Crippen molar-refractivity contribution in [1.29, 1.82) is 0 Å². The van der Waals surface area contributed by atoms with Gasteiger partial charge >= 0.3 is 6.03 Å². The van der Waals surface area contributed by atoms with Crippen molar-refractivity contribution in [3.8, 4) is 5.75 Å². The minimum Gasteiger partial charge on any atom is -0.490 e. The number of piperidine rings is 1. The van der Waals surface area contributed by atoms with Crippen LogP contribution in [0.1, 0.15) is 63.6 Å². The molecule has 0 aromatic heterocycles. The van der Waals surface area contributed by atoms with Crippen LogP contribution in [0.25, 0.3) is 0 Å². The third-order valence-electron chi connectivity index (χ3n) is 9.35. The maximum Gasteiger partial charge on any atom is 0.326 e. The Morgan fingerprint density at radius 3 is 2.00 bits per heavy atom. The van der Waals surface area contributed by atoms with E-state index in [1.54, 1.807) is 34.1 Å². The van der Waals surface area contributed by atoms with Gasteiger partial charge in [0.1, 0.15) is 22.7 Å². The molecule has 48 heavy (non-hydrogen) atoms. The second-order valence-electron chi connectivity index (χ2n) is 13.0. The molecule has 0 spiro atoms. The van der Waals surface area contributed by atoms with Gasteiger partial charge < -0.3 is 15.4 Å². The lowest BCUT2D eigenvalue weighted by molar-refractivity contribution is -0.119. The van der Waals surface area contributed by atoms with E-state index < -0.39 is 20.9 Å². The number of likely N-dealkylation sites (tertiary alicyclic amines) is 1. The van der Waals surface area contributed by atoms with Gasteiger partial charge in [-0.25, -0.2) is 13.2 Å². The Morgan fingerprint density at radius 2 is 1.50 bits per heavy atom. The lowest BCUT2D eigenvalue weighted by Crippen LogP contribution is -2.59. The molecule has 256 valence electrons. The van der Waals surface area contributed by atoms with E-state index in [9.17, 15) is 13.2 Å². The molecule has 13 heteroatoms. The molecule has 3 aromatic rings. The fourth-order valence-corrected chi connectivity index (χ4v) is 8.24. The van der Waals surface area contributed by atoms with Crippen molar-refractivity contribution in [3.63, 3.8) is 0 Å². The number of carbonyl (C=O) groups excluding carboxylic acids is 2. The highest BCUT2D eigenvalue weighted by molar-refractivity contribution is 7.90. The number of rotatable bonds is 8. The smallest absolute Gasteiger partial charge is 0.326 e. The number of hydrogen-bond acceptors (Lipinski definition) is 6. The molecule has 2 aliphatic rings. The molecule has 2 N–H and O–H groups in total. The predicted molar refractivity (Wildman–Crippen MR) is 190 cm³/mol. The highest BCUT2D eigenvalue weighted by Crippen LogP contribution is 2.54. The SMILES string of the molecule is CC(C)Oc1cc(Cl)c(S(C)(=O)=O)cc1C1=N[C@@](C)(c2ccc(Cl)cc2)[C@@](C)(c2ccc(Cl)cc2)N1C(=O)N1CCC(CC(N)=O)CC1. The number of halogens is 3. The van der Waals surface area contributed by atoms with Crippen LogP contribution in [0, 0.1) is 5.92 Å². The Labute approximate surface area is 296 Å². The van der Waals surface area contributed by atoms with Crippen LogP contribution in [0.2, 0.25) is 15.1 Å². The van der Waals surface area contributed by atoms with Crippen molar-refractivity contribution in [2.45, 2.75) is 69.0 Å². The van der Waals surface area contributed by atoms with Crippen molar-refractivity contribution in [1.82, 2.24) is 9.80 Å². The van der Waals surface area contributed by atoms with E-state index in [-0.39, 0.29) is 51.9 Å². The summed E-state index contributed by atoms with van der Waals surface area (Å²) in [6.07, 6.45) is 2.21. The monoisotopic (exact) mass is 732 g/mol. The largest absolute Gasteiger partial charge is 0.490 e. The average Bonchev–Trinajstić information content (AvgIpc) is 3.24. The van der Waals surface area contributed by atoms with Crippen LogP contribution >= 0.6 is 34.8 Å². The number of aliphatic imine (C=N–C) groups is 1. The quantitative estimate of drug-likeness (QED) is 0.258. The van der Waals surface area contributed by atoms with Crippen molar-refractivity contribution in [2.75, 3.05) is 19.3 Å². The molecule has 3 aromatic carbocycles. The number of benzene rings is 3. The molecule has 0 saturated carbocycles. The molecule has 5 rings (SSSR count). The highest BCUT2D eigenvalue weighted by atomic mass is 35.5. The fourth-order valence-electron chi connectivity index (χ4n) is 6.67. The first-order valence-electron chi connectivity index (χ1n) is 15.7. The maximum atomic E-state index is 15.1. The van der Waals surface area contributed by atoms with Crippen LogP contribution < -0.4 is 10.5 Å². The topological polar surface area (TPSA) is 122 Å². The average molecular weight is 734 g/mol. The van der Waals surface area contributed by atoms with E-state index in [0.717, 1.165) is 17.4 Å². The minimum absolute atomic E-state index is 0.00850. The Balaban J connectivity index is 1.80. The maximum absolute atomic E-state index is 15.1. The second-order valence-corrected chi connectivity index (χ2v) is 16.3. The number of amides is 3. The Morgan fingerprint density at radius 1 is 0.958 bits per heavy atom. The van der Waals surface area contributed by atoms with E-state index in [0.29, 0.717) is 41.5 Å². The molecule has 1 saturated heterocycles. The third-order valence-corrected chi connectivity index (χ3v) is 11.4. The van der Waals surface area contributed by atoms with Gasteiger partial charge in [-0.2, -0.15) is 0 Å². The van der Waals surface area contributed by atoms with E-state index in [1.807, 2.05) is 52.0 Å². The van der Waals surface area contributed by atoms with Crippen LogP contribution in [0.15, 0.2) is 70.6 Å². The van der Waals surface area contributed by atoms with Crippen LogP contribution in [-0.4, -0.2) is 61.4 Å². The number of hydrogen-bond donors (Lipinski definition) is 1. The minimum atomic E-state index is -3.80.